The predicted molar refractivity (Wildman–Crippen MR) is 71.0 cm³/mol. The van der Waals surface area contributed by atoms with E-state index in [4.69, 9.17) is 0 Å². The molecule has 1 aromatic carbocycles. The van der Waals surface area contributed by atoms with Crippen molar-refractivity contribution in [2.75, 3.05) is 6.54 Å². The minimum absolute atomic E-state index is 0.339. The van der Waals surface area contributed by atoms with Gasteiger partial charge in [0.15, 0.2) is 0 Å². The average molecular weight is 231 g/mol. The van der Waals surface area contributed by atoms with E-state index in [1.807, 2.05) is 11.3 Å². The summed E-state index contributed by atoms with van der Waals surface area (Å²) in [7, 11) is 0. The molecule has 0 radical (unpaired) electrons. The Morgan fingerprint density at radius 1 is 1.19 bits per heavy atom. The van der Waals surface area contributed by atoms with E-state index in [1.165, 1.54) is 16.0 Å². The van der Waals surface area contributed by atoms with Gasteiger partial charge in [-0.25, -0.2) is 0 Å². The second-order valence-corrected chi connectivity index (χ2v) is 4.90. The van der Waals surface area contributed by atoms with Gasteiger partial charge in [-0.15, -0.1) is 11.3 Å². The van der Waals surface area contributed by atoms with E-state index in [-0.39, 0.29) is 0 Å². The lowest BCUT2D eigenvalue weighted by Crippen LogP contribution is -2.20. The highest BCUT2D eigenvalue weighted by molar-refractivity contribution is 7.10. The second-order valence-electron chi connectivity index (χ2n) is 3.92. The maximum absolute atomic E-state index is 3.53. The normalized spacial score (nSPS) is 12.6. The molecule has 1 unspecified atom stereocenters. The molecule has 0 saturated heterocycles. The summed E-state index contributed by atoms with van der Waals surface area (Å²) in [6.07, 6.45) is 0. The van der Waals surface area contributed by atoms with Crippen molar-refractivity contribution in [3.05, 3.63) is 57.8 Å². The first-order valence-corrected chi connectivity index (χ1v) is 6.52. The van der Waals surface area contributed by atoms with Gasteiger partial charge in [0.1, 0.15) is 0 Å². The fourth-order valence-electron chi connectivity index (χ4n) is 1.80. The van der Waals surface area contributed by atoms with E-state index in [9.17, 15) is 0 Å². The molecule has 0 saturated carbocycles. The van der Waals surface area contributed by atoms with Gasteiger partial charge in [-0.1, -0.05) is 42.8 Å². The fraction of sp³-hybridized carbons (Fsp3) is 0.286. The molecule has 1 atom stereocenters. The first-order chi connectivity index (χ1) is 7.81. The van der Waals surface area contributed by atoms with Crippen molar-refractivity contribution in [2.45, 2.75) is 19.9 Å². The Bertz CT molecular complexity index is 417. The number of thiophene rings is 1. The van der Waals surface area contributed by atoms with Gasteiger partial charge in [0.25, 0.3) is 0 Å². The lowest BCUT2D eigenvalue weighted by atomic mass is 10.0. The van der Waals surface area contributed by atoms with Crippen LogP contribution in [0.15, 0.2) is 41.8 Å². The third-order valence-corrected chi connectivity index (χ3v) is 3.58. The van der Waals surface area contributed by atoms with Crippen LogP contribution >= 0.6 is 11.3 Å². The third-order valence-electron chi connectivity index (χ3n) is 2.65. The first-order valence-electron chi connectivity index (χ1n) is 5.64. The van der Waals surface area contributed by atoms with E-state index in [2.05, 4.69) is 60.9 Å². The highest BCUT2D eigenvalue weighted by Gasteiger charge is 2.12. The van der Waals surface area contributed by atoms with Gasteiger partial charge in [0, 0.05) is 4.88 Å². The van der Waals surface area contributed by atoms with Crippen molar-refractivity contribution in [2.24, 2.45) is 0 Å². The van der Waals surface area contributed by atoms with Crippen molar-refractivity contribution in [3.8, 4) is 0 Å². The molecule has 1 N–H and O–H groups in total. The summed E-state index contributed by atoms with van der Waals surface area (Å²) in [6, 6.07) is 13.4. The lowest BCUT2D eigenvalue weighted by Gasteiger charge is -2.17. The van der Waals surface area contributed by atoms with Crippen molar-refractivity contribution in [1.29, 1.82) is 0 Å². The molecule has 0 spiro atoms. The van der Waals surface area contributed by atoms with Crippen LogP contribution < -0.4 is 5.32 Å². The van der Waals surface area contributed by atoms with Crippen LogP contribution in [-0.2, 0) is 0 Å². The maximum atomic E-state index is 3.53. The van der Waals surface area contributed by atoms with Crippen molar-refractivity contribution in [3.63, 3.8) is 0 Å². The molecule has 1 nitrogen and oxygen atoms in total. The summed E-state index contributed by atoms with van der Waals surface area (Å²) < 4.78 is 0. The zero-order valence-corrected chi connectivity index (χ0v) is 10.6. The summed E-state index contributed by atoms with van der Waals surface area (Å²) >= 11 is 1.81. The van der Waals surface area contributed by atoms with Gasteiger partial charge in [0.2, 0.25) is 0 Å². The highest BCUT2D eigenvalue weighted by atomic mass is 32.1. The number of hydrogen-bond donors (Lipinski definition) is 1. The van der Waals surface area contributed by atoms with Crippen LogP contribution in [0.4, 0.5) is 0 Å². The molecular weight excluding hydrogens is 214 g/mol. The molecule has 1 heterocycles. The summed E-state index contributed by atoms with van der Waals surface area (Å²) in [5.41, 5.74) is 2.65. The van der Waals surface area contributed by atoms with Crippen LogP contribution in [0.3, 0.4) is 0 Å². The monoisotopic (exact) mass is 231 g/mol. The van der Waals surface area contributed by atoms with Crippen LogP contribution in [0.25, 0.3) is 0 Å². The Labute approximate surface area is 101 Å². The molecular formula is C14H17NS. The summed E-state index contributed by atoms with van der Waals surface area (Å²) in [6.45, 7) is 5.25. The van der Waals surface area contributed by atoms with Gasteiger partial charge in [0.05, 0.1) is 6.04 Å². The summed E-state index contributed by atoms with van der Waals surface area (Å²) in [5.74, 6) is 0. The van der Waals surface area contributed by atoms with Crippen LogP contribution in [-0.4, -0.2) is 6.54 Å². The Morgan fingerprint density at radius 2 is 1.94 bits per heavy atom. The molecule has 0 amide bonds. The van der Waals surface area contributed by atoms with E-state index in [1.54, 1.807) is 0 Å². The second kappa shape index (κ2) is 5.28. The van der Waals surface area contributed by atoms with E-state index >= 15 is 0 Å². The van der Waals surface area contributed by atoms with E-state index < -0.39 is 0 Å². The Morgan fingerprint density at radius 3 is 2.50 bits per heavy atom. The van der Waals surface area contributed by atoms with Crippen molar-refractivity contribution >= 4 is 11.3 Å². The maximum Gasteiger partial charge on any atom is 0.0670 e. The topological polar surface area (TPSA) is 12.0 Å². The number of benzene rings is 1. The Balaban J connectivity index is 2.29. The quantitative estimate of drug-likeness (QED) is 0.845. The van der Waals surface area contributed by atoms with Crippen LogP contribution in [0.1, 0.15) is 29.0 Å². The molecule has 0 aliphatic heterocycles. The Kier molecular flexibility index (Phi) is 3.75. The summed E-state index contributed by atoms with van der Waals surface area (Å²) in [4.78, 5) is 1.38. The largest absolute Gasteiger partial charge is 0.306 e. The molecule has 2 rings (SSSR count). The molecule has 84 valence electrons. The number of rotatable bonds is 4. The van der Waals surface area contributed by atoms with Crippen LogP contribution in [0, 0.1) is 6.92 Å². The van der Waals surface area contributed by atoms with Crippen LogP contribution in [0.5, 0.6) is 0 Å². The molecule has 2 heteroatoms. The smallest absolute Gasteiger partial charge is 0.0670 e. The minimum Gasteiger partial charge on any atom is -0.306 e. The Hall–Kier alpha value is -1.12. The highest BCUT2D eigenvalue weighted by Crippen LogP contribution is 2.25. The van der Waals surface area contributed by atoms with E-state index in [0.29, 0.717) is 6.04 Å². The zero-order chi connectivity index (χ0) is 11.4. The van der Waals surface area contributed by atoms with Gasteiger partial charge in [-0.2, -0.15) is 0 Å². The molecule has 1 aromatic heterocycles. The standard InChI is InChI=1S/C14H17NS/c1-3-15-14(13-5-4-10-16-13)12-8-6-11(2)7-9-12/h4-10,14-15H,3H2,1-2H3. The molecule has 0 bridgehead atoms. The number of nitrogens with one attached hydrogen (secondary N) is 1. The predicted octanol–water partition coefficient (Wildman–Crippen LogP) is 3.76. The first kappa shape index (κ1) is 11.4. The number of aryl methyl sites for hydroxylation is 1. The van der Waals surface area contributed by atoms with E-state index in [0.717, 1.165) is 6.54 Å². The fourth-order valence-corrected chi connectivity index (χ4v) is 2.63. The number of hydrogen-bond acceptors (Lipinski definition) is 2. The molecule has 0 fully saturated rings. The lowest BCUT2D eigenvalue weighted by molar-refractivity contribution is 0.639. The minimum atomic E-state index is 0.339. The molecule has 16 heavy (non-hydrogen) atoms. The van der Waals surface area contributed by atoms with Crippen molar-refractivity contribution < 1.29 is 0 Å². The molecule has 2 aromatic rings. The van der Waals surface area contributed by atoms with Crippen molar-refractivity contribution in [1.82, 2.24) is 5.32 Å². The van der Waals surface area contributed by atoms with Gasteiger partial charge in [-0.3, -0.25) is 0 Å². The van der Waals surface area contributed by atoms with Gasteiger partial charge >= 0.3 is 0 Å². The van der Waals surface area contributed by atoms with Gasteiger partial charge < -0.3 is 5.32 Å². The SMILES string of the molecule is CCNC(c1ccc(C)cc1)c1cccs1. The zero-order valence-electron chi connectivity index (χ0n) is 9.73. The average Bonchev–Trinajstić information content (AvgIpc) is 2.81. The summed E-state index contributed by atoms with van der Waals surface area (Å²) in [5, 5.41) is 5.66. The third kappa shape index (κ3) is 2.52. The van der Waals surface area contributed by atoms with Gasteiger partial charge in [-0.05, 0) is 30.5 Å². The molecule has 0 aliphatic rings. The van der Waals surface area contributed by atoms with Crippen LogP contribution in [0.2, 0.25) is 0 Å². The molecule has 0 aliphatic carbocycles.